The quantitative estimate of drug-likeness (QED) is 0.312. The molecule has 0 aliphatic rings. The number of pyridine rings is 2. The predicted octanol–water partition coefficient (Wildman–Crippen LogP) is 5.18. The predicted molar refractivity (Wildman–Crippen MR) is 133 cm³/mol. The first-order valence-corrected chi connectivity index (χ1v) is 11.3. The van der Waals surface area contributed by atoms with Crippen LogP contribution in [0, 0.1) is 19.7 Å². The Morgan fingerprint density at radius 1 is 1.14 bits per heavy atom. The van der Waals surface area contributed by atoms with Gasteiger partial charge in [0.2, 0.25) is 5.82 Å². The van der Waals surface area contributed by atoms with Crippen molar-refractivity contribution in [3.05, 3.63) is 91.0 Å². The van der Waals surface area contributed by atoms with Gasteiger partial charge in [-0.3, -0.25) is 14.3 Å². The number of nitrogens with zero attached hydrogens (tertiary/aromatic N) is 3. The number of hydrogen-bond donors (Lipinski definition) is 2. The van der Waals surface area contributed by atoms with Gasteiger partial charge in [0.15, 0.2) is 17.0 Å². The van der Waals surface area contributed by atoms with Crippen molar-refractivity contribution in [1.82, 2.24) is 20.1 Å². The van der Waals surface area contributed by atoms with Crippen LogP contribution in [0.4, 0.5) is 10.1 Å². The standard InChI is InChI=1S/C25H19ClFN5O4/c1-11-9-14(13(3)29-17-6-7-18(26)30-20(17)24-31-25(34)36-32-24)23-15(10-11)21(33)12(2)22(35-23)19-16(27)5-4-8-28-19/h4-10,13,29H,1-3H3,(H,31,32,34). The van der Waals surface area contributed by atoms with Gasteiger partial charge in [0.25, 0.3) is 0 Å². The summed E-state index contributed by atoms with van der Waals surface area (Å²) in [5.41, 5.74) is 2.50. The fraction of sp³-hybridized carbons (Fsp3) is 0.160. The molecule has 0 aliphatic carbocycles. The Hall–Kier alpha value is -4.31. The van der Waals surface area contributed by atoms with E-state index in [9.17, 15) is 14.0 Å². The second-order valence-corrected chi connectivity index (χ2v) is 8.68. The van der Waals surface area contributed by atoms with Crippen LogP contribution in [0.15, 0.2) is 61.1 Å². The van der Waals surface area contributed by atoms with Crippen molar-refractivity contribution < 1.29 is 13.3 Å². The van der Waals surface area contributed by atoms with Crippen LogP contribution in [0.2, 0.25) is 5.15 Å². The highest BCUT2D eigenvalue weighted by Gasteiger charge is 2.22. The fourth-order valence-corrected chi connectivity index (χ4v) is 4.19. The summed E-state index contributed by atoms with van der Waals surface area (Å²) in [6, 6.07) is 9.17. The van der Waals surface area contributed by atoms with Gasteiger partial charge in [-0.1, -0.05) is 22.8 Å². The molecule has 36 heavy (non-hydrogen) atoms. The molecule has 0 fully saturated rings. The molecule has 1 unspecified atom stereocenters. The Labute approximate surface area is 208 Å². The molecule has 9 nitrogen and oxygen atoms in total. The molecule has 4 heterocycles. The van der Waals surface area contributed by atoms with Crippen LogP contribution in [0.5, 0.6) is 0 Å². The van der Waals surface area contributed by atoms with Crippen LogP contribution in [0.3, 0.4) is 0 Å². The molecular weight excluding hydrogens is 489 g/mol. The van der Waals surface area contributed by atoms with Gasteiger partial charge in [0.05, 0.1) is 17.1 Å². The molecule has 0 aliphatic heterocycles. The second kappa shape index (κ2) is 9.04. The molecule has 1 aromatic carbocycles. The third kappa shape index (κ3) is 4.16. The van der Waals surface area contributed by atoms with E-state index in [1.807, 2.05) is 19.9 Å². The molecule has 182 valence electrons. The number of anilines is 1. The highest BCUT2D eigenvalue weighted by molar-refractivity contribution is 6.29. The van der Waals surface area contributed by atoms with Crippen LogP contribution in [0.1, 0.15) is 29.7 Å². The normalized spacial score (nSPS) is 12.1. The Morgan fingerprint density at radius 2 is 1.94 bits per heavy atom. The number of halogens is 2. The van der Waals surface area contributed by atoms with Crippen molar-refractivity contribution in [1.29, 1.82) is 0 Å². The maximum Gasteiger partial charge on any atom is 0.439 e. The van der Waals surface area contributed by atoms with Gasteiger partial charge < -0.3 is 9.73 Å². The average molecular weight is 508 g/mol. The Bertz CT molecular complexity index is 1740. The van der Waals surface area contributed by atoms with Crippen LogP contribution < -0.4 is 16.5 Å². The van der Waals surface area contributed by atoms with Crippen molar-refractivity contribution in [2.75, 3.05) is 5.32 Å². The van der Waals surface area contributed by atoms with E-state index in [0.29, 0.717) is 22.2 Å². The number of aromatic amines is 1. The molecule has 0 amide bonds. The molecule has 0 radical (unpaired) electrons. The molecule has 5 rings (SSSR count). The van der Waals surface area contributed by atoms with E-state index < -0.39 is 17.6 Å². The molecule has 0 saturated carbocycles. The van der Waals surface area contributed by atoms with Crippen molar-refractivity contribution in [3.63, 3.8) is 0 Å². The summed E-state index contributed by atoms with van der Waals surface area (Å²) in [7, 11) is 0. The highest BCUT2D eigenvalue weighted by atomic mass is 35.5. The fourth-order valence-electron chi connectivity index (χ4n) is 4.04. The Balaban J connectivity index is 1.66. The largest absolute Gasteiger partial charge is 0.453 e. The molecular formula is C25H19ClFN5O4. The minimum Gasteiger partial charge on any atom is -0.453 e. The number of H-pyrrole nitrogens is 1. The molecule has 2 N–H and O–H groups in total. The number of benzene rings is 1. The van der Waals surface area contributed by atoms with Gasteiger partial charge in [-0.05, 0) is 56.7 Å². The monoisotopic (exact) mass is 507 g/mol. The van der Waals surface area contributed by atoms with Gasteiger partial charge in [0.1, 0.15) is 22.1 Å². The summed E-state index contributed by atoms with van der Waals surface area (Å²) in [6.07, 6.45) is 1.44. The number of rotatable bonds is 5. The molecule has 4 aromatic heterocycles. The molecule has 5 aromatic rings. The van der Waals surface area contributed by atoms with Crippen molar-refractivity contribution >= 4 is 28.3 Å². The lowest BCUT2D eigenvalue weighted by atomic mass is 9.99. The number of nitrogens with one attached hydrogen (secondary N) is 2. The SMILES string of the molecule is Cc1cc(C(C)Nc2ccc(Cl)nc2-c2noc(=O)[nH]2)c2oc(-c3ncccc3F)c(C)c(=O)c2c1. The number of aryl methyl sites for hydroxylation is 1. The maximum atomic E-state index is 14.5. The smallest absolute Gasteiger partial charge is 0.439 e. The summed E-state index contributed by atoms with van der Waals surface area (Å²) in [5, 5.41) is 7.57. The maximum absolute atomic E-state index is 14.5. The minimum absolute atomic E-state index is 0.0414. The third-order valence-electron chi connectivity index (χ3n) is 5.73. The zero-order chi connectivity index (χ0) is 25.6. The Morgan fingerprint density at radius 3 is 2.67 bits per heavy atom. The van der Waals surface area contributed by atoms with Gasteiger partial charge in [-0.25, -0.2) is 19.2 Å². The van der Waals surface area contributed by atoms with E-state index in [-0.39, 0.29) is 39.1 Å². The molecule has 0 spiro atoms. The highest BCUT2D eigenvalue weighted by Crippen LogP contribution is 2.34. The molecule has 0 bridgehead atoms. The van der Waals surface area contributed by atoms with E-state index in [2.05, 4.69) is 29.9 Å². The van der Waals surface area contributed by atoms with Gasteiger partial charge >= 0.3 is 5.76 Å². The third-order valence-corrected chi connectivity index (χ3v) is 5.94. The first-order valence-electron chi connectivity index (χ1n) is 10.9. The number of hydrogen-bond acceptors (Lipinski definition) is 8. The van der Waals surface area contributed by atoms with Crippen molar-refractivity contribution in [3.8, 4) is 23.0 Å². The van der Waals surface area contributed by atoms with Crippen molar-refractivity contribution in [2.24, 2.45) is 0 Å². The second-order valence-electron chi connectivity index (χ2n) is 8.29. The van der Waals surface area contributed by atoms with Crippen LogP contribution in [-0.2, 0) is 0 Å². The van der Waals surface area contributed by atoms with E-state index in [1.54, 1.807) is 25.1 Å². The van der Waals surface area contributed by atoms with Crippen LogP contribution in [-0.4, -0.2) is 20.1 Å². The lowest BCUT2D eigenvalue weighted by Crippen LogP contribution is -2.13. The topological polar surface area (TPSA) is 127 Å². The van der Waals surface area contributed by atoms with Crippen LogP contribution >= 0.6 is 11.6 Å². The summed E-state index contributed by atoms with van der Waals surface area (Å²) in [5.74, 6) is -1.17. The molecule has 11 heteroatoms. The van der Waals surface area contributed by atoms with Crippen LogP contribution in [0.25, 0.3) is 33.9 Å². The first kappa shape index (κ1) is 23.4. The average Bonchev–Trinajstić information content (AvgIpc) is 3.29. The number of aromatic nitrogens is 4. The molecule has 0 saturated heterocycles. The zero-order valence-corrected chi connectivity index (χ0v) is 20.1. The summed E-state index contributed by atoms with van der Waals surface area (Å²) in [6.45, 7) is 5.31. The summed E-state index contributed by atoms with van der Waals surface area (Å²) >= 11 is 6.07. The van der Waals surface area contributed by atoms with Crippen molar-refractivity contribution in [2.45, 2.75) is 26.8 Å². The van der Waals surface area contributed by atoms with E-state index in [1.165, 1.54) is 18.3 Å². The summed E-state index contributed by atoms with van der Waals surface area (Å²) < 4.78 is 25.3. The lowest BCUT2D eigenvalue weighted by Gasteiger charge is -2.20. The van der Waals surface area contributed by atoms with Gasteiger partial charge in [0, 0.05) is 17.3 Å². The minimum atomic E-state index is -0.734. The Kier molecular flexibility index (Phi) is 5.89. The summed E-state index contributed by atoms with van der Waals surface area (Å²) in [4.78, 5) is 35.6. The van der Waals surface area contributed by atoms with E-state index in [0.717, 1.165) is 5.56 Å². The van der Waals surface area contributed by atoms with Gasteiger partial charge in [-0.2, -0.15) is 0 Å². The van der Waals surface area contributed by atoms with E-state index >= 15 is 0 Å². The van der Waals surface area contributed by atoms with Gasteiger partial charge in [-0.15, -0.1) is 0 Å². The molecule has 1 atom stereocenters. The zero-order valence-electron chi connectivity index (χ0n) is 19.3. The first-order chi connectivity index (χ1) is 17.2. The lowest BCUT2D eigenvalue weighted by molar-refractivity contribution is 0.388. The number of fused-ring (bicyclic) bond motifs is 1. The van der Waals surface area contributed by atoms with E-state index in [4.69, 9.17) is 16.0 Å².